The van der Waals surface area contributed by atoms with Gasteiger partial charge in [0.15, 0.2) is 21.4 Å². The molecule has 1 aromatic carbocycles. The largest absolute Gasteiger partial charge is 0.494 e. The summed E-state index contributed by atoms with van der Waals surface area (Å²) in [4.78, 5) is 15.9. The molecule has 1 amide bonds. The smallest absolute Gasteiger partial charge is 0.236 e. The Bertz CT molecular complexity index is 723. The fraction of sp³-hybridized carbons (Fsp3) is 0.588. The van der Waals surface area contributed by atoms with Crippen LogP contribution in [0, 0.1) is 5.82 Å². The van der Waals surface area contributed by atoms with Crippen molar-refractivity contribution >= 4 is 15.7 Å². The second kappa shape index (κ2) is 8.14. The standard InChI is InChI=1S/C17H25FN2O4S/c1-4-20(10-13-5-6-16(24-3)15(18)9-13)11-17(21)19(2)14-7-8-25(22,23)12-14/h5-6,9,14H,4,7-8,10-12H2,1-3H3/t14-/m0/s1. The average Bonchev–Trinajstić information content (AvgIpc) is 2.93. The third-order valence-corrected chi connectivity index (χ3v) is 6.33. The third-order valence-electron chi connectivity index (χ3n) is 4.58. The fourth-order valence-electron chi connectivity index (χ4n) is 2.93. The molecule has 1 aromatic rings. The number of hydrogen-bond donors (Lipinski definition) is 0. The molecule has 140 valence electrons. The summed E-state index contributed by atoms with van der Waals surface area (Å²) in [7, 11) is 0.0294. The fourth-order valence-corrected chi connectivity index (χ4v) is 4.71. The second-order valence-electron chi connectivity index (χ2n) is 6.33. The molecule has 1 fully saturated rings. The van der Waals surface area contributed by atoms with Gasteiger partial charge in [0.05, 0.1) is 25.2 Å². The maximum absolute atomic E-state index is 13.8. The van der Waals surface area contributed by atoms with E-state index in [1.54, 1.807) is 19.2 Å². The van der Waals surface area contributed by atoms with E-state index < -0.39 is 15.7 Å². The first-order valence-electron chi connectivity index (χ1n) is 8.26. The van der Waals surface area contributed by atoms with Gasteiger partial charge < -0.3 is 9.64 Å². The number of rotatable bonds is 7. The maximum atomic E-state index is 13.8. The van der Waals surface area contributed by atoms with E-state index in [0.717, 1.165) is 5.56 Å². The van der Waals surface area contributed by atoms with Gasteiger partial charge in [0.2, 0.25) is 5.91 Å². The normalized spacial score (nSPS) is 19.2. The molecule has 1 atom stereocenters. The van der Waals surface area contributed by atoms with Crippen LogP contribution in [-0.2, 0) is 21.2 Å². The summed E-state index contributed by atoms with van der Waals surface area (Å²) >= 11 is 0. The maximum Gasteiger partial charge on any atom is 0.236 e. The molecule has 0 spiro atoms. The SMILES string of the molecule is CCN(CC(=O)N(C)[C@H]1CCS(=O)(=O)C1)Cc1ccc(OC)c(F)c1. The number of sulfone groups is 1. The first kappa shape index (κ1) is 19.7. The summed E-state index contributed by atoms with van der Waals surface area (Å²) in [6, 6.07) is 4.48. The Kier molecular flexibility index (Phi) is 6.40. The van der Waals surface area contributed by atoms with Gasteiger partial charge in [-0.15, -0.1) is 0 Å². The topological polar surface area (TPSA) is 66.9 Å². The van der Waals surface area contributed by atoms with Crippen LogP contribution in [-0.4, -0.2) is 68.9 Å². The molecule has 0 aromatic heterocycles. The van der Waals surface area contributed by atoms with E-state index >= 15 is 0 Å². The molecule has 1 aliphatic rings. The molecule has 0 unspecified atom stereocenters. The summed E-state index contributed by atoms with van der Waals surface area (Å²) in [5.74, 6) is -0.207. The van der Waals surface area contributed by atoms with Crippen LogP contribution in [0.1, 0.15) is 18.9 Å². The van der Waals surface area contributed by atoms with E-state index in [1.165, 1.54) is 18.1 Å². The molecule has 1 aliphatic heterocycles. The lowest BCUT2D eigenvalue weighted by atomic mass is 10.2. The molecular weight excluding hydrogens is 347 g/mol. The lowest BCUT2D eigenvalue weighted by Crippen LogP contribution is -2.43. The highest BCUT2D eigenvalue weighted by Gasteiger charge is 2.32. The highest BCUT2D eigenvalue weighted by atomic mass is 32.2. The Balaban J connectivity index is 1.96. The third kappa shape index (κ3) is 5.15. The minimum absolute atomic E-state index is 0.0328. The summed E-state index contributed by atoms with van der Waals surface area (Å²) in [6.45, 7) is 3.14. The Labute approximate surface area is 148 Å². The molecule has 2 rings (SSSR count). The van der Waals surface area contributed by atoms with Gasteiger partial charge in [0.25, 0.3) is 0 Å². The Morgan fingerprint density at radius 1 is 1.40 bits per heavy atom. The summed E-state index contributed by atoms with van der Waals surface area (Å²) < 4.78 is 41.9. The van der Waals surface area contributed by atoms with Crippen molar-refractivity contribution in [2.24, 2.45) is 0 Å². The molecule has 0 N–H and O–H groups in total. The van der Waals surface area contributed by atoms with Gasteiger partial charge >= 0.3 is 0 Å². The molecule has 0 aliphatic carbocycles. The molecule has 6 nitrogen and oxygen atoms in total. The zero-order chi connectivity index (χ0) is 18.6. The number of carbonyl (C=O) groups excluding carboxylic acids is 1. The minimum Gasteiger partial charge on any atom is -0.494 e. The van der Waals surface area contributed by atoms with E-state index in [2.05, 4.69) is 0 Å². The van der Waals surface area contributed by atoms with Gasteiger partial charge in [-0.3, -0.25) is 9.69 Å². The van der Waals surface area contributed by atoms with Gasteiger partial charge in [-0.1, -0.05) is 13.0 Å². The highest BCUT2D eigenvalue weighted by molar-refractivity contribution is 7.91. The van der Waals surface area contributed by atoms with Crippen molar-refractivity contribution in [2.75, 3.05) is 38.8 Å². The van der Waals surface area contributed by atoms with Gasteiger partial charge in [-0.25, -0.2) is 12.8 Å². The number of likely N-dealkylation sites (N-methyl/N-ethyl adjacent to an activating group) is 2. The van der Waals surface area contributed by atoms with E-state index in [1.807, 2.05) is 11.8 Å². The molecule has 1 heterocycles. The molecule has 0 saturated carbocycles. The second-order valence-corrected chi connectivity index (χ2v) is 8.56. The van der Waals surface area contributed by atoms with E-state index in [9.17, 15) is 17.6 Å². The number of benzene rings is 1. The number of nitrogens with zero attached hydrogens (tertiary/aromatic N) is 2. The zero-order valence-corrected chi connectivity index (χ0v) is 15.7. The summed E-state index contributed by atoms with van der Waals surface area (Å²) in [5, 5.41) is 0. The predicted molar refractivity (Wildman–Crippen MR) is 93.7 cm³/mol. The lowest BCUT2D eigenvalue weighted by Gasteiger charge is -2.27. The van der Waals surface area contributed by atoms with Crippen molar-refractivity contribution in [2.45, 2.75) is 25.9 Å². The van der Waals surface area contributed by atoms with Crippen LogP contribution in [0.15, 0.2) is 18.2 Å². The van der Waals surface area contributed by atoms with Crippen LogP contribution >= 0.6 is 0 Å². The predicted octanol–water partition coefficient (Wildman–Crippen LogP) is 1.30. The van der Waals surface area contributed by atoms with E-state index in [0.29, 0.717) is 19.5 Å². The van der Waals surface area contributed by atoms with Gasteiger partial charge in [-0.05, 0) is 30.7 Å². The molecule has 0 bridgehead atoms. The summed E-state index contributed by atoms with van der Waals surface area (Å²) in [6.07, 6.45) is 0.486. The number of methoxy groups -OCH3 is 1. The highest BCUT2D eigenvalue weighted by Crippen LogP contribution is 2.19. The number of carbonyl (C=O) groups is 1. The number of ether oxygens (including phenoxy) is 1. The minimum atomic E-state index is -3.03. The average molecular weight is 372 g/mol. The van der Waals surface area contributed by atoms with Crippen molar-refractivity contribution in [1.82, 2.24) is 9.80 Å². The van der Waals surface area contributed by atoms with Crippen molar-refractivity contribution < 1.29 is 22.3 Å². The molecule has 1 saturated heterocycles. The molecule has 25 heavy (non-hydrogen) atoms. The van der Waals surface area contributed by atoms with Crippen LogP contribution in [0.4, 0.5) is 4.39 Å². The molecular formula is C17H25FN2O4S. The van der Waals surface area contributed by atoms with Crippen LogP contribution in [0.25, 0.3) is 0 Å². The van der Waals surface area contributed by atoms with Crippen molar-refractivity contribution in [1.29, 1.82) is 0 Å². The van der Waals surface area contributed by atoms with Gasteiger partial charge in [-0.2, -0.15) is 0 Å². The van der Waals surface area contributed by atoms with Crippen molar-refractivity contribution in [3.63, 3.8) is 0 Å². The van der Waals surface area contributed by atoms with Crippen molar-refractivity contribution in [3.05, 3.63) is 29.6 Å². The number of halogens is 1. The first-order valence-corrected chi connectivity index (χ1v) is 10.1. The van der Waals surface area contributed by atoms with Gasteiger partial charge in [0.1, 0.15) is 0 Å². The van der Waals surface area contributed by atoms with Crippen LogP contribution in [0.3, 0.4) is 0 Å². The number of amides is 1. The first-order chi connectivity index (χ1) is 11.8. The van der Waals surface area contributed by atoms with E-state index in [4.69, 9.17) is 4.74 Å². The van der Waals surface area contributed by atoms with Crippen LogP contribution in [0.5, 0.6) is 5.75 Å². The zero-order valence-electron chi connectivity index (χ0n) is 14.9. The monoisotopic (exact) mass is 372 g/mol. The molecule has 0 radical (unpaired) electrons. The Morgan fingerprint density at radius 2 is 2.12 bits per heavy atom. The number of hydrogen-bond acceptors (Lipinski definition) is 5. The van der Waals surface area contributed by atoms with Crippen LogP contribution < -0.4 is 4.74 Å². The van der Waals surface area contributed by atoms with Gasteiger partial charge in [0, 0.05) is 19.6 Å². The van der Waals surface area contributed by atoms with Crippen LogP contribution in [0.2, 0.25) is 0 Å². The molecule has 8 heteroatoms. The Morgan fingerprint density at radius 3 is 2.64 bits per heavy atom. The quantitative estimate of drug-likeness (QED) is 0.722. The van der Waals surface area contributed by atoms with Crippen molar-refractivity contribution in [3.8, 4) is 5.75 Å². The Hall–Kier alpha value is -1.67. The van der Waals surface area contributed by atoms with E-state index in [-0.39, 0.29) is 35.7 Å². The summed E-state index contributed by atoms with van der Waals surface area (Å²) in [5.41, 5.74) is 0.749. The lowest BCUT2D eigenvalue weighted by molar-refractivity contribution is -0.132.